The van der Waals surface area contributed by atoms with Crippen LogP contribution in [0.4, 0.5) is 3.89 Å². The van der Waals surface area contributed by atoms with Gasteiger partial charge in [-0.05, 0) is 12.8 Å². The maximum atomic E-state index is 12.0. The summed E-state index contributed by atoms with van der Waals surface area (Å²) in [5, 5.41) is 0. The van der Waals surface area contributed by atoms with Gasteiger partial charge in [-0.25, -0.2) is 0 Å². The number of hydrogen-bond donors (Lipinski definition) is 0. The summed E-state index contributed by atoms with van der Waals surface area (Å²) >= 11 is 0. The Labute approximate surface area is 77.2 Å². The molecule has 0 aliphatic carbocycles. The lowest BCUT2D eigenvalue weighted by Crippen LogP contribution is -2.25. The third-order valence-corrected chi connectivity index (χ3v) is 2.50. The van der Waals surface area contributed by atoms with Crippen molar-refractivity contribution in [2.45, 2.75) is 18.9 Å². The van der Waals surface area contributed by atoms with Crippen molar-refractivity contribution in [3.05, 3.63) is 0 Å². The number of halogens is 1. The Bertz CT molecular complexity index is 233. The van der Waals surface area contributed by atoms with Gasteiger partial charge in [0.25, 0.3) is 0 Å². The maximum Gasteiger partial charge on any atom is 0.304 e. The highest BCUT2D eigenvalue weighted by Crippen LogP contribution is 2.10. The predicted molar refractivity (Wildman–Crippen MR) is 44.7 cm³/mol. The van der Waals surface area contributed by atoms with E-state index in [1.807, 2.05) is 0 Å². The lowest BCUT2D eigenvalue weighted by atomic mass is 10.2. The van der Waals surface area contributed by atoms with Crippen molar-refractivity contribution in [2.75, 3.05) is 25.6 Å². The minimum Gasteiger partial charge on any atom is -0.381 e. The Kier molecular flexibility index (Phi) is 4.08. The standard InChI is InChI=1S/C7H13FO4S/c8-13(9,10)6-5-12-7-1-3-11-4-2-7/h7H,1-6H2. The summed E-state index contributed by atoms with van der Waals surface area (Å²) < 4.78 is 42.4. The second kappa shape index (κ2) is 4.88. The van der Waals surface area contributed by atoms with Crippen molar-refractivity contribution < 1.29 is 21.8 Å². The van der Waals surface area contributed by atoms with Crippen molar-refractivity contribution in [3.63, 3.8) is 0 Å². The first-order chi connectivity index (χ1) is 6.08. The van der Waals surface area contributed by atoms with Crippen LogP contribution < -0.4 is 0 Å². The second-order valence-electron chi connectivity index (χ2n) is 2.93. The zero-order chi connectivity index (χ0) is 9.73. The fraction of sp³-hybridized carbons (Fsp3) is 1.00. The molecule has 0 N–H and O–H groups in total. The largest absolute Gasteiger partial charge is 0.381 e. The molecule has 1 saturated heterocycles. The molecule has 1 rings (SSSR count). The van der Waals surface area contributed by atoms with E-state index in [2.05, 4.69) is 0 Å². The molecule has 13 heavy (non-hydrogen) atoms. The monoisotopic (exact) mass is 212 g/mol. The summed E-state index contributed by atoms with van der Waals surface area (Å²) in [6.07, 6.45) is 1.54. The number of ether oxygens (including phenoxy) is 2. The average molecular weight is 212 g/mol. The van der Waals surface area contributed by atoms with Crippen molar-refractivity contribution in [1.29, 1.82) is 0 Å². The molecule has 0 aromatic heterocycles. The minimum atomic E-state index is -4.38. The highest BCUT2D eigenvalue weighted by atomic mass is 32.3. The molecule has 0 aromatic carbocycles. The van der Waals surface area contributed by atoms with Gasteiger partial charge in [-0.15, -0.1) is 3.89 Å². The van der Waals surface area contributed by atoms with E-state index < -0.39 is 16.0 Å². The molecule has 0 aromatic rings. The van der Waals surface area contributed by atoms with E-state index >= 15 is 0 Å². The van der Waals surface area contributed by atoms with Crippen molar-refractivity contribution in [2.24, 2.45) is 0 Å². The molecular formula is C7H13FO4S. The fourth-order valence-corrected chi connectivity index (χ4v) is 1.45. The second-order valence-corrected chi connectivity index (χ2v) is 4.41. The summed E-state index contributed by atoms with van der Waals surface area (Å²) in [6.45, 7) is 1.20. The van der Waals surface area contributed by atoms with E-state index in [1.165, 1.54) is 0 Å². The topological polar surface area (TPSA) is 52.6 Å². The van der Waals surface area contributed by atoms with E-state index in [4.69, 9.17) is 9.47 Å². The van der Waals surface area contributed by atoms with Gasteiger partial charge in [-0.3, -0.25) is 0 Å². The third kappa shape index (κ3) is 5.17. The summed E-state index contributed by atoms with van der Waals surface area (Å²) in [6, 6.07) is 0. The Morgan fingerprint density at radius 3 is 2.54 bits per heavy atom. The van der Waals surface area contributed by atoms with Gasteiger partial charge in [0.1, 0.15) is 5.75 Å². The molecule has 1 aliphatic heterocycles. The van der Waals surface area contributed by atoms with E-state index in [0.29, 0.717) is 13.2 Å². The van der Waals surface area contributed by atoms with Gasteiger partial charge < -0.3 is 9.47 Å². The van der Waals surface area contributed by atoms with Crippen LogP contribution in [0.1, 0.15) is 12.8 Å². The molecular weight excluding hydrogens is 199 g/mol. The number of rotatable bonds is 4. The van der Waals surface area contributed by atoms with E-state index in [-0.39, 0.29) is 12.7 Å². The molecule has 0 amide bonds. The highest BCUT2D eigenvalue weighted by molar-refractivity contribution is 7.86. The zero-order valence-corrected chi connectivity index (χ0v) is 8.06. The molecule has 0 spiro atoms. The fourth-order valence-electron chi connectivity index (χ4n) is 1.16. The summed E-state index contributed by atoms with van der Waals surface area (Å²) in [5.41, 5.74) is 0. The smallest absolute Gasteiger partial charge is 0.304 e. The van der Waals surface area contributed by atoms with Crippen LogP contribution in [0.2, 0.25) is 0 Å². The van der Waals surface area contributed by atoms with Gasteiger partial charge in [0.05, 0.1) is 12.7 Å². The SMILES string of the molecule is O=S(=O)(F)CCOC1CCOCC1. The molecule has 4 nitrogen and oxygen atoms in total. The van der Waals surface area contributed by atoms with Gasteiger partial charge in [-0.2, -0.15) is 8.42 Å². The van der Waals surface area contributed by atoms with E-state index in [1.54, 1.807) is 0 Å². The van der Waals surface area contributed by atoms with Gasteiger partial charge in [-0.1, -0.05) is 0 Å². The summed E-state index contributed by atoms with van der Waals surface area (Å²) in [7, 11) is -4.38. The molecule has 0 unspecified atom stereocenters. The van der Waals surface area contributed by atoms with Gasteiger partial charge >= 0.3 is 10.2 Å². The normalized spacial score (nSPS) is 20.4. The molecule has 1 fully saturated rings. The molecule has 0 bridgehead atoms. The Morgan fingerprint density at radius 2 is 2.00 bits per heavy atom. The predicted octanol–water partition coefficient (Wildman–Crippen LogP) is 0.481. The molecule has 1 heterocycles. The molecule has 1 aliphatic rings. The average Bonchev–Trinajstić information content (AvgIpc) is 2.04. The molecule has 78 valence electrons. The minimum absolute atomic E-state index is 0.0236. The first-order valence-corrected chi connectivity index (χ1v) is 5.75. The molecule has 0 atom stereocenters. The van der Waals surface area contributed by atoms with Crippen molar-refractivity contribution in [1.82, 2.24) is 0 Å². The lowest BCUT2D eigenvalue weighted by molar-refractivity contribution is -0.0267. The van der Waals surface area contributed by atoms with Crippen LogP contribution >= 0.6 is 0 Å². The maximum absolute atomic E-state index is 12.0. The van der Waals surface area contributed by atoms with Gasteiger partial charge in [0.15, 0.2) is 0 Å². The van der Waals surface area contributed by atoms with Crippen LogP contribution in [0.3, 0.4) is 0 Å². The number of hydrogen-bond acceptors (Lipinski definition) is 4. The molecule has 0 radical (unpaired) electrons. The Balaban J connectivity index is 2.11. The first kappa shape index (κ1) is 10.9. The van der Waals surface area contributed by atoms with Crippen LogP contribution in [0.5, 0.6) is 0 Å². The Morgan fingerprint density at radius 1 is 1.38 bits per heavy atom. The van der Waals surface area contributed by atoms with Gasteiger partial charge in [0.2, 0.25) is 0 Å². The van der Waals surface area contributed by atoms with Gasteiger partial charge in [0, 0.05) is 13.2 Å². The van der Waals surface area contributed by atoms with E-state index in [9.17, 15) is 12.3 Å². The summed E-state index contributed by atoms with van der Waals surface area (Å²) in [4.78, 5) is 0. The van der Waals surface area contributed by atoms with E-state index in [0.717, 1.165) is 12.8 Å². The third-order valence-electron chi connectivity index (χ3n) is 1.85. The Hall–Kier alpha value is -0.200. The van der Waals surface area contributed by atoms with Crippen LogP contribution in [0.15, 0.2) is 0 Å². The van der Waals surface area contributed by atoms with Crippen LogP contribution in [0.25, 0.3) is 0 Å². The van der Waals surface area contributed by atoms with Crippen molar-refractivity contribution >= 4 is 10.2 Å². The molecule has 6 heteroatoms. The quantitative estimate of drug-likeness (QED) is 0.636. The zero-order valence-electron chi connectivity index (χ0n) is 7.24. The van der Waals surface area contributed by atoms with Crippen LogP contribution in [0, 0.1) is 0 Å². The van der Waals surface area contributed by atoms with Crippen molar-refractivity contribution in [3.8, 4) is 0 Å². The van der Waals surface area contributed by atoms with Crippen LogP contribution in [-0.4, -0.2) is 40.1 Å². The first-order valence-electron chi connectivity index (χ1n) is 4.19. The summed E-state index contributed by atoms with van der Waals surface area (Å²) in [5.74, 6) is -0.551. The van der Waals surface area contributed by atoms with Crippen LogP contribution in [-0.2, 0) is 19.7 Å². The molecule has 0 saturated carbocycles. The lowest BCUT2D eigenvalue weighted by Gasteiger charge is -2.21. The highest BCUT2D eigenvalue weighted by Gasteiger charge is 2.15.